The molecule has 1 aromatic carbocycles. The first-order chi connectivity index (χ1) is 12.1. The fraction of sp³-hybridized carbons (Fsp3) is 0.412. The Hall–Kier alpha value is -1.47. The highest BCUT2D eigenvalue weighted by molar-refractivity contribution is 6.37. The van der Waals surface area contributed by atoms with Gasteiger partial charge in [0.25, 0.3) is 5.91 Å². The molecule has 3 rings (SSSR count). The van der Waals surface area contributed by atoms with Crippen molar-refractivity contribution in [3.63, 3.8) is 0 Å². The second-order valence-electron chi connectivity index (χ2n) is 5.92. The number of ether oxygens (including phenoxy) is 1. The quantitative estimate of drug-likeness (QED) is 0.797. The largest absolute Gasteiger partial charge is 0.482 e. The van der Waals surface area contributed by atoms with E-state index in [9.17, 15) is 4.79 Å². The van der Waals surface area contributed by atoms with Crippen LogP contribution < -0.4 is 10.1 Å². The van der Waals surface area contributed by atoms with Gasteiger partial charge in [0.15, 0.2) is 17.2 Å². The molecule has 1 amide bonds. The van der Waals surface area contributed by atoms with E-state index in [1.54, 1.807) is 36.2 Å². The number of rotatable bonds is 5. The van der Waals surface area contributed by atoms with Gasteiger partial charge >= 0.3 is 0 Å². The summed E-state index contributed by atoms with van der Waals surface area (Å²) in [6.07, 6.45) is 1.86. The number of hydrogen-bond acceptors (Lipinski definition) is 5. The van der Waals surface area contributed by atoms with E-state index in [2.05, 4.69) is 10.5 Å². The van der Waals surface area contributed by atoms with Gasteiger partial charge in [0.2, 0.25) is 0 Å². The van der Waals surface area contributed by atoms with Crippen molar-refractivity contribution in [1.82, 2.24) is 15.4 Å². The Labute approximate surface area is 168 Å². The van der Waals surface area contributed by atoms with E-state index in [1.165, 1.54) is 0 Å². The molecule has 6 nitrogen and oxygen atoms in total. The molecule has 142 valence electrons. The predicted octanol–water partition coefficient (Wildman–Crippen LogP) is 3.81. The number of benzene rings is 1. The molecular formula is C17H20Cl3N3O3. The number of carbonyl (C=O) groups excluding carboxylic acids is 1. The highest BCUT2D eigenvalue weighted by Crippen LogP contribution is 2.33. The first-order valence-electron chi connectivity index (χ1n) is 8.06. The Bertz CT molecular complexity index is 728. The normalized spacial score (nSPS) is 14.6. The maximum Gasteiger partial charge on any atom is 0.276 e. The zero-order chi connectivity index (χ0) is 17.8. The van der Waals surface area contributed by atoms with Crippen molar-refractivity contribution in [1.29, 1.82) is 0 Å². The number of amides is 1. The molecule has 0 spiro atoms. The average molecular weight is 421 g/mol. The molecule has 0 unspecified atom stereocenters. The molecule has 26 heavy (non-hydrogen) atoms. The van der Waals surface area contributed by atoms with Crippen LogP contribution in [-0.4, -0.2) is 42.1 Å². The summed E-state index contributed by atoms with van der Waals surface area (Å²) in [7, 11) is 1.80. The van der Waals surface area contributed by atoms with Crippen molar-refractivity contribution in [3.8, 4) is 5.75 Å². The van der Waals surface area contributed by atoms with Crippen LogP contribution in [0.5, 0.6) is 5.75 Å². The number of piperidine rings is 1. The SMILES string of the molecule is CN(C(=O)c1cc(COc2c(Cl)cccc2Cl)on1)C1CCNCC1.Cl. The third kappa shape index (κ3) is 4.82. The van der Waals surface area contributed by atoms with E-state index in [1.807, 2.05) is 0 Å². The standard InChI is InChI=1S/C17H19Cl2N3O3.ClH/c1-22(11-5-7-20-8-6-11)17(23)15-9-12(25-21-15)10-24-16-13(18)3-2-4-14(16)19;/h2-4,9,11,20H,5-8,10H2,1H3;1H. The van der Waals surface area contributed by atoms with Gasteiger partial charge in [-0.15, -0.1) is 12.4 Å². The molecular weight excluding hydrogens is 401 g/mol. The Kier molecular flexibility index (Phi) is 7.58. The zero-order valence-corrected chi connectivity index (χ0v) is 16.5. The Morgan fingerprint density at radius 2 is 2.00 bits per heavy atom. The molecule has 1 aliphatic heterocycles. The fourth-order valence-electron chi connectivity index (χ4n) is 2.79. The van der Waals surface area contributed by atoms with Crippen LogP contribution in [0.2, 0.25) is 10.0 Å². The van der Waals surface area contributed by atoms with Crippen molar-refractivity contribution < 1.29 is 14.1 Å². The van der Waals surface area contributed by atoms with E-state index in [0.29, 0.717) is 21.6 Å². The van der Waals surface area contributed by atoms with Crippen LogP contribution in [0.1, 0.15) is 29.1 Å². The summed E-state index contributed by atoms with van der Waals surface area (Å²) < 4.78 is 10.8. The number of nitrogens with zero attached hydrogens (tertiary/aromatic N) is 2. The van der Waals surface area contributed by atoms with Crippen molar-refractivity contribution in [2.45, 2.75) is 25.5 Å². The lowest BCUT2D eigenvalue weighted by Crippen LogP contribution is -2.44. The van der Waals surface area contributed by atoms with Crippen LogP contribution in [-0.2, 0) is 6.61 Å². The molecule has 2 heterocycles. The summed E-state index contributed by atoms with van der Waals surface area (Å²) in [5.74, 6) is 0.651. The molecule has 2 aromatic rings. The van der Waals surface area contributed by atoms with Crippen molar-refractivity contribution in [3.05, 3.63) is 45.8 Å². The summed E-state index contributed by atoms with van der Waals surface area (Å²) >= 11 is 12.1. The Morgan fingerprint density at radius 3 is 2.65 bits per heavy atom. The van der Waals surface area contributed by atoms with Crippen LogP contribution in [0.15, 0.2) is 28.8 Å². The number of carbonyl (C=O) groups is 1. The number of halogens is 3. The monoisotopic (exact) mass is 419 g/mol. The van der Waals surface area contributed by atoms with E-state index in [0.717, 1.165) is 25.9 Å². The molecule has 1 N–H and O–H groups in total. The van der Waals surface area contributed by atoms with Gasteiger partial charge in [-0.05, 0) is 38.1 Å². The third-order valence-electron chi connectivity index (χ3n) is 4.23. The van der Waals surface area contributed by atoms with Gasteiger partial charge in [0, 0.05) is 19.2 Å². The number of hydrogen-bond donors (Lipinski definition) is 1. The fourth-order valence-corrected chi connectivity index (χ4v) is 3.29. The Balaban J connectivity index is 0.00000243. The minimum absolute atomic E-state index is 0. The molecule has 9 heteroatoms. The summed E-state index contributed by atoms with van der Waals surface area (Å²) in [5.41, 5.74) is 0.268. The van der Waals surface area contributed by atoms with Crippen molar-refractivity contribution >= 4 is 41.5 Å². The number of aromatic nitrogens is 1. The highest BCUT2D eigenvalue weighted by Gasteiger charge is 2.25. The maximum atomic E-state index is 12.5. The van der Waals surface area contributed by atoms with Gasteiger partial charge in [-0.3, -0.25) is 4.79 Å². The summed E-state index contributed by atoms with van der Waals surface area (Å²) in [6.45, 7) is 1.92. The van der Waals surface area contributed by atoms with Crippen LogP contribution in [0.4, 0.5) is 0 Å². The zero-order valence-electron chi connectivity index (χ0n) is 14.2. The lowest BCUT2D eigenvalue weighted by atomic mass is 10.1. The molecule has 0 atom stereocenters. The topological polar surface area (TPSA) is 67.6 Å². The molecule has 0 saturated carbocycles. The van der Waals surface area contributed by atoms with Gasteiger partial charge in [0.1, 0.15) is 6.61 Å². The van der Waals surface area contributed by atoms with E-state index < -0.39 is 0 Å². The summed E-state index contributed by atoms with van der Waals surface area (Å²) in [4.78, 5) is 14.3. The second-order valence-corrected chi connectivity index (χ2v) is 6.73. The first-order valence-corrected chi connectivity index (χ1v) is 8.82. The predicted molar refractivity (Wildman–Crippen MR) is 103 cm³/mol. The van der Waals surface area contributed by atoms with Gasteiger partial charge in [-0.25, -0.2) is 0 Å². The van der Waals surface area contributed by atoms with Crippen LogP contribution in [0.3, 0.4) is 0 Å². The van der Waals surface area contributed by atoms with Crippen molar-refractivity contribution in [2.75, 3.05) is 20.1 Å². The molecule has 0 aliphatic carbocycles. The number of nitrogens with one attached hydrogen (secondary N) is 1. The molecule has 1 aliphatic rings. The van der Waals surface area contributed by atoms with Crippen molar-refractivity contribution in [2.24, 2.45) is 0 Å². The minimum Gasteiger partial charge on any atom is -0.482 e. The van der Waals surface area contributed by atoms with E-state index in [-0.39, 0.29) is 36.7 Å². The Morgan fingerprint density at radius 1 is 1.35 bits per heavy atom. The van der Waals surface area contributed by atoms with Gasteiger partial charge in [-0.1, -0.05) is 34.4 Å². The van der Waals surface area contributed by atoms with Crippen LogP contribution in [0, 0.1) is 0 Å². The first kappa shape index (κ1) is 20.8. The molecule has 1 saturated heterocycles. The lowest BCUT2D eigenvalue weighted by molar-refractivity contribution is 0.0692. The molecule has 1 aromatic heterocycles. The summed E-state index contributed by atoms with van der Waals surface area (Å²) in [5, 5.41) is 7.97. The van der Waals surface area contributed by atoms with E-state index in [4.69, 9.17) is 32.5 Å². The molecule has 1 fully saturated rings. The van der Waals surface area contributed by atoms with Gasteiger partial charge < -0.3 is 19.5 Å². The van der Waals surface area contributed by atoms with E-state index >= 15 is 0 Å². The van der Waals surface area contributed by atoms with Gasteiger partial charge in [-0.2, -0.15) is 0 Å². The number of para-hydroxylation sites is 1. The van der Waals surface area contributed by atoms with Crippen LogP contribution in [0.25, 0.3) is 0 Å². The highest BCUT2D eigenvalue weighted by atomic mass is 35.5. The molecule has 0 radical (unpaired) electrons. The third-order valence-corrected chi connectivity index (χ3v) is 4.83. The average Bonchev–Trinajstić information content (AvgIpc) is 3.10. The second kappa shape index (κ2) is 9.46. The minimum atomic E-state index is -0.155. The molecule has 0 bridgehead atoms. The maximum absolute atomic E-state index is 12.5. The van der Waals surface area contributed by atoms with Gasteiger partial charge in [0.05, 0.1) is 10.0 Å². The lowest BCUT2D eigenvalue weighted by Gasteiger charge is -2.31. The smallest absolute Gasteiger partial charge is 0.276 e. The van der Waals surface area contributed by atoms with Crippen LogP contribution >= 0.6 is 35.6 Å². The summed E-state index contributed by atoms with van der Waals surface area (Å²) in [6, 6.07) is 6.91.